The zero-order chi connectivity index (χ0) is 21.8. The number of urea groups is 1. The molecule has 0 unspecified atom stereocenters. The molecule has 158 valence electrons. The Bertz CT molecular complexity index is 1220. The van der Waals surface area contributed by atoms with E-state index in [4.69, 9.17) is 9.47 Å². The van der Waals surface area contributed by atoms with Gasteiger partial charge in [-0.3, -0.25) is 0 Å². The molecule has 0 spiro atoms. The number of carbonyl (C=O) groups is 1. The Morgan fingerprint density at radius 3 is 2.71 bits per heavy atom. The molecule has 0 bridgehead atoms. The second-order valence-corrected chi connectivity index (χ2v) is 7.08. The van der Waals surface area contributed by atoms with Crippen LogP contribution in [0.5, 0.6) is 17.4 Å². The maximum Gasteiger partial charge on any atom is 0.319 e. The summed E-state index contributed by atoms with van der Waals surface area (Å²) in [4.78, 5) is 21.0. The molecule has 31 heavy (non-hydrogen) atoms. The summed E-state index contributed by atoms with van der Waals surface area (Å²) in [6.07, 6.45) is 3.45. The number of anilines is 1. The summed E-state index contributed by atoms with van der Waals surface area (Å²) < 4.78 is 13.1. The van der Waals surface area contributed by atoms with Gasteiger partial charge in [-0.1, -0.05) is 12.1 Å². The van der Waals surface area contributed by atoms with Crippen molar-refractivity contribution in [3.63, 3.8) is 0 Å². The second kappa shape index (κ2) is 8.74. The third-order valence-corrected chi connectivity index (χ3v) is 4.70. The number of methoxy groups -OCH3 is 1. The quantitative estimate of drug-likeness (QED) is 0.483. The van der Waals surface area contributed by atoms with E-state index in [1.807, 2.05) is 60.8 Å². The van der Waals surface area contributed by atoms with Crippen LogP contribution in [0.4, 0.5) is 10.5 Å². The highest BCUT2D eigenvalue weighted by Crippen LogP contribution is 2.31. The predicted octanol–water partition coefficient (Wildman–Crippen LogP) is 4.47. The van der Waals surface area contributed by atoms with Gasteiger partial charge in [0.05, 0.1) is 31.2 Å². The monoisotopic (exact) mass is 417 g/mol. The van der Waals surface area contributed by atoms with Gasteiger partial charge < -0.3 is 24.5 Å². The molecule has 0 atom stereocenters. The lowest BCUT2D eigenvalue weighted by Crippen LogP contribution is -2.28. The molecule has 2 N–H and O–H groups in total. The third kappa shape index (κ3) is 4.75. The SMILES string of the molecule is COc1cc(C)ccc1Oc1ccc(NC(=O)NCc2cn3c(C)cccc3n2)cn1. The van der Waals surface area contributed by atoms with Crippen LogP contribution in [-0.2, 0) is 6.54 Å². The molecule has 8 nitrogen and oxygen atoms in total. The number of carbonyl (C=O) groups excluding carboxylic acids is 1. The fourth-order valence-corrected chi connectivity index (χ4v) is 3.12. The van der Waals surface area contributed by atoms with E-state index in [-0.39, 0.29) is 6.03 Å². The van der Waals surface area contributed by atoms with Gasteiger partial charge in [0, 0.05) is 18.0 Å². The Kier molecular flexibility index (Phi) is 5.70. The lowest BCUT2D eigenvalue weighted by atomic mass is 10.2. The van der Waals surface area contributed by atoms with E-state index in [1.165, 1.54) is 6.20 Å². The highest BCUT2D eigenvalue weighted by Gasteiger charge is 2.09. The molecule has 0 aliphatic heterocycles. The van der Waals surface area contributed by atoms with E-state index in [0.29, 0.717) is 29.6 Å². The maximum absolute atomic E-state index is 12.2. The van der Waals surface area contributed by atoms with Crippen LogP contribution >= 0.6 is 0 Å². The van der Waals surface area contributed by atoms with Gasteiger partial charge in [-0.2, -0.15) is 0 Å². The predicted molar refractivity (Wildman–Crippen MR) is 118 cm³/mol. The number of rotatable bonds is 6. The standard InChI is InChI=1S/C23H23N5O3/c1-15-7-9-19(20(11-15)30-3)31-22-10-8-17(12-24-22)27-23(29)25-13-18-14-28-16(2)5-4-6-21(28)26-18/h4-12,14H,13H2,1-3H3,(H2,25,27,29). The summed E-state index contributed by atoms with van der Waals surface area (Å²) in [6.45, 7) is 4.30. The number of fused-ring (bicyclic) bond motifs is 1. The number of amides is 2. The minimum atomic E-state index is -0.343. The molecule has 4 rings (SSSR count). The van der Waals surface area contributed by atoms with Gasteiger partial charge in [0.15, 0.2) is 11.5 Å². The number of hydrogen-bond donors (Lipinski definition) is 2. The lowest BCUT2D eigenvalue weighted by Gasteiger charge is -2.11. The van der Waals surface area contributed by atoms with E-state index in [9.17, 15) is 4.79 Å². The van der Waals surface area contributed by atoms with Crippen molar-refractivity contribution in [2.45, 2.75) is 20.4 Å². The molecule has 0 saturated carbocycles. The van der Waals surface area contributed by atoms with E-state index in [0.717, 1.165) is 22.6 Å². The van der Waals surface area contributed by atoms with Crippen LogP contribution in [-0.4, -0.2) is 27.5 Å². The minimum absolute atomic E-state index is 0.314. The molecule has 8 heteroatoms. The van der Waals surface area contributed by atoms with E-state index in [2.05, 4.69) is 20.6 Å². The van der Waals surface area contributed by atoms with Crippen molar-refractivity contribution >= 4 is 17.4 Å². The van der Waals surface area contributed by atoms with E-state index >= 15 is 0 Å². The number of imidazole rings is 1. The van der Waals surface area contributed by atoms with Crippen LogP contribution in [0.3, 0.4) is 0 Å². The van der Waals surface area contributed by atoms with Crippen molar-refractivity contribution < 1.29 is 14.3 Å². The number of nitrogens with zero attached hydrogens (tertiary/aromatic N) is 3. The fraction of sp³-hybridized carbons (Fsp3) is 0.174. The Labute approximate surface area is 179 Å². The first-order valence-corrected chi connectivity index (χ1v) is 9.79. The second-order valence-electron chi connectivity index (χ2n) is 7.08. The molecular formula is C23H23N5O3. The topological polar surface area (TPSA) is 89.8 Å². The zero-order valence-corrected chi connectivity index (χ0v) is 17.5. The number of nitrogens with one attached hydrogen (secondary N) is 2. The van der Waals surface area contributed by atoms with Gasteiger partial charge in [0.25, 0.3) is 0 Å². The van der Waals surface area contributed by atoms with Crippen LogP contribution in [0.25, 0.3) is 5.65 Å². The summed E-state index contributed by atoms with van der Waals surface area (Å²) in [5.74, 6) is 1.60. The van der Waals surface area contributed by atoms with Crippen LogP contribution in [0, 0.1) is 13.8 Å². The Hall–Kier alpha value is -4.07. The van der Waals surface area contributed by atoms with Crippen LogP contribution in [0.15, 0.2) is 60.9 Å². The van der Waals surface area contributed by atoms with Crippen molar-refractivity contribution in [1.82, 2.24) is 19.7 Å². The average molecular weight is 417 g/mol. The molecule has 3 heterocycles. The summed E-state index contributed by atoms with van der Waals surface area (Å²) >= 11 is 0. The summed E-state index contributed by atoms with van der Waals surface area (Å²) in [7, 11) is 1.59. The first-order chi connectivity index (χ1) is 15.0. The van der Waals surface area contributed by atoms with Crippen molar-refractivity contribution in [3.05, 3.63) is 77.9 Å². The summed E-state index contributed by atoms with van der Waals surface area (Å²) in [5, 5.41) is 5.55. The van der Waals surface area contributed by atoms with Crippen LogP contribution in [0.1, 0.15) is 17.0 Å². The Morgan fingerprint density at radius 1 is 1.10 bits per heavy atom. The molecule has 2 amide bonds. The molecule has 0 aliphatic rings. The van der Waals surface area contributed by atoms with Crippen LogP contribution < -0.4 is 20.1 Å². The van der Waals surface area contributed by atoms with E-state index in [1.54, 1.807) is 19.2 Å². The van der Waals surface area contributed by atoms with Gasteiger partial charge in [-0.25, -0.2) is 14.8 Å². The van der Waals surface area contributed by atoms with E-state index < -0.39 is 0 Å². The van der Waals surface area contributed by atoms with Crippen molar-refractivity contribution in [2.75, 3.05) is 12.4 Å². The minimum Gasteiger partial charge on any atom is -0.493 e. The Balaban J connectivity index is 1.34. The normalized spacial score (nSPS) is 10.7. The average Bonchev–Trinajstić information content (AvgIpc) is 3.19. The third-order valence-electron chi connectivity index (χ3n) is 4.70. The number of pyridine rings is 2. The molecule has 0 aliphatic carbocycles. The highest BCUT2D eigenvalue weighted by atomic mass is 16.5. The van der Waals surface area contributed by atoms with Gasteiger partial charge in [0.1, 0.15) is 5.65 Å². The number of hydrogen-bond acceptors (Lipinski definition) is 5. The largest absolute Gasteiger partial charge is 0.493 e. The van der Waals surface area contributed by atoms with Gasteiger partial charge in [0.2, 0.25) is 5.88 Å². The fourth-order valence-electron chi connectivity index (χ4n) is 3.12. The zero-order valence-electron chi connectivity index (χ0n) is 17.5. The molecule has 1 aromatic carbocycles. The molecule has 0 fully saturated rings. The number of aryl methyl sites for hydroxylation is 2. The highest BCUT2D eigenvalue weighted by molar-refractivity contribution is 5.88. The molecule has 0 saturated heterocycles. The lowest BCUT2D eigenvalue weighted by molar-refractivity contribution is 0.251. The molecule has 4 aromatic rings. The summed E-state index contributed by atoms with van der Waals surface area (Å²) in [5.41, 5.74) is 4.32. The molecule has 0 radical (unpaired) electrons. The maximum atomic E-state index is 12.2. The smallest absolute Gasteiger partial charge is 0.319 e. The van der Waals surface area contributed by atoms with Gasteiger partial charge in [-0.05, 0) is 49.7 Å². The van der Waals surface area contributed by atoms with Crippen molar-refractivity contribution in [1.29, 1.82) is 0 Å². The molecule has 3 aromatic heterocycles. The first-order valence-electron chi connectivity index (χ1n) is 9.79. The van der Waals surface area contributed by atoms with Gasteiger partial charge >= 0.3 is 6.03 Å². The first kappa shape index (κ1) is 20.2. The Morgan fingerprint density at radius 2 is 1.97 bits per heavy atom. The summed E-state index contributed by atoms with van der Waals surface area (Å²) in [6, 6.07) is 14.6. The van der Waals surface area contributed by atoms with Crippen LogP contribution in [0.2, 0.25) is 0 Å². The molecular weight excluding hydrogens is 394 g/mol. The van der Waals surface area contributed by atoms with Gasteiger partial charge in [-0.15, -0.1) is 0 Å². The number of ether oxygens (including phenoxy) is 2. The van der Waals surface area contributed by atoms with Crippen molar-refractivity contribution in [2.24, 2.45) is 0 Å². The van der Waals surface area contributed by atoms with Crippen molar-refractivity contribution in [3.8, 4) is 17.4 Å². The number of benzene rings is 1. The number of aromatic nitrogens is 3.